The quantitative estimate of drug-likeness (QED) is 0.287. The van der Waals surface area contributed by atoms with Crippen LogP contribution in [-0.4, -0.2) is 40.6 Å². The predicted octanol–water partition coefficient (Wildman–Crippen LogP) is 5.51. The number of aryl methyl sites for hydroxylation is 2. The van der Waals surface area contributed by atoms with Crippen molar-refractivity contribution in [2.45, 2.75) is 39.3 Å². The van der Waals surface area contributed by atoms with E-state index in [1.165, 1.54) is 11.3 Å². The molecule has 0 saturated heterocycles. The van der Waals surface area contributed by atoms with Gasteiger partial charge in [0.25, 0.3) is 5.91 Å². The Labute approximate surface area is 224 Å². The first-order valence-electron chi connectivity index (χ1n) is 12.3. The van der Waals surface area contributed by atoms with Gasteiger partial charge in [-0.3, -0.25) is 9.59 Å². The third-order valence-electron chi connectivity index (χ3n) is 6.67. The number of methoxy groups -OCH3 is 1. The van der Waals surface area contributed by atoms with E-state index in [4.69, 9.17) is 13.9 Å². The van der Waals surface area contributed by atoms with Gasteiger partial charge in [0.2, 0.25) is 5.89 Å². The molecule has 5 rings (SSSR count). The highest BCUT2D eigenvalue weighted by molar-refractivity contribution is 7.08. The number of hydrogen-bond acceptors (Lipinski definition) is 7. The molecule has 2 aromatic heterocycles. The van der Waals surface area contributed by atoms with Crippen LogP contribution in [0.2, 0.25) is 0 Å². The van der Waals surface area contributed by atoms with Crippen LogP contribution in [0.15, 0.2) is 57.6 Å². The topological polar surface area (TPSA) is 102 Å². The zero-order valence-electron chi connectivity index (χ0n) is 21.2. The van der Waals surface area contributed by atoms with Crippen molar-refractivity contribution < 1.29 is 28.6 Å². The van der Waals surface area contributed by atoms with E-state index in [2.05, 4.69) is 4.98 Å². The van der Waals surface area contributed by atoms with E-state index in [1.54, 1.807) is 22.8 Å². The molecule has 1 aliphatic rings. The molecule has 9 heteroatoms. The van der Waals surface area contributed by atoms with E-state index < -0.39 is 5.97 Å². The summed E-state index contributed by atoms with van der Waals surface area (Å²) in [4.78, 5) is 30.9. The first-order chi connectivity index (χ1) is 18.4. The molecule has 1 aliphatic heterocycles. The van der Waals surface area contributed by atoms with E-state index >= 15 is 0 Å². The molecule has 0 fully saturated rings. The van der Waals surface area contributed by atoms with E-state index in [1.807, 2.05) is 49.4 Å². The first kappa shape index (κ1) is 25.5. The highest BCUT2D eigenvalue weighted by atomic mass is 32.1. The lowest BCUT2D eigenvalue weighted by Crippen LogP contribution is -2.25. The number of carboxylic acids is 1. The van der Waals surface area contributed by atoms with Gasteiger partial charge in [-0.25, -0.2) is 4.98 Å². The Morgan fingerprint density at radius 3 is 2.61 bits per heavy atom. The van der Waals surface area contributed by atoms with Gasteiger partial charge in [-0.05, 0) is 42.7 Å². The Hall–Kier alpha value is -4.11. The van der Waals surface area contributed by atoms with Crippen LogP contribution in [0.4, 0.5) is 0 Å². The molecule has 196 valence electrons. The zero-order chi connectivity index (χ0) is 26.6. The highest BCUT2D eigenvalue weighted by Crippen LogP contribution is 2.36. The lowest BCUT2D eigenvalue weighted by atomic mass is 9.99. The van der Waals surface area contributed by atoms with Crippen LogP contribution in [-0.2, 0) is 30.7 Å². The fourth-order valence-electron chi connectivity index (χ4n) is 4.67. The number of oxazole rings is 1. The number of ether oxygens (including phenoxy) is 2. The molecular weight excluding hydrogens is 504 g/mol. The number of aromatic nitrogens is 1. The number of aliphatic carboxylic acids is 1. The Morgan fingerprint density at radius 2 is 1.84 bits per heavy atom. The molecule has 0 bridgehead atoms. The van der Waals surface area contributed by atoms with E-state index in [9.17, 15) is 14.7 Å². The zero-order valence-corrected chi connectivity index (χ0v) is 22.0. The van der Waals surface area contributed by atoms with Crippen molar-refractivity contribution >= 4 is 23.2 Å². The van der Waals surface area contributed by atoms with Crippen molar-refractivity contribution in [2.24, 2.45) is 0 Å². The minimum atomic E-state index is -0.856. The average Bonchev–Trinajstić information content (AvgIpc) is 3.67. The summed E-state index contributed by atoms with van der Waals surface area (Å²) in [6.45, 7) is 3.05. The van der Waals surface area contributed by atoms with Crippen molar-refractivity contribution in [3.8, 4) is 23.0 Å². The normalized spacial score (nSPS) is 12.4. The summed E-state index contributed by atoms with van der Waals surface area (Å²) in [6, 6.07) is 13.5. The maximum atomic E-state index is 13.3. The van der Waals surface area contributed by atoms with Crippen molar-refractivity contribution in [1.29, 1.82) is 0 Å². The predicted molar refractivity (Wildman–Crippen MR) is 143 cm³/mol. The minimum Gasteiger partial charge on any atom is -0.495 e. The van der Waals surface area contributed by atoms with Gasteiger partial charge in [0.1, 0.15) is 17.3 Å². The number of rotatable bonds is 10. The molecule has 1 N–H and O–H groups in total. The van der Waals surface area contributed by atoms with Gasteiger partial charge in [-0.15, -0.1) is 11.3 Å². The summed E-state index contributed by atoms with van der Waals surface area (Å²) in [7, 11) is 1.55. The lowest BCUT2D eigenvalue weighted by Gasteiger charge is -2.15. The SMILES string of the molecule is COc1cscc1C(=O)N1Cc2c(CCC(=O)O)ccc(OCCc3nc(-c4ccccc4)oc3C)c2C1. The number of benzene rings is 2. The number of carboxylic acid groups (broad SMARTS) is 1. The monoisotopic (exact) mass is 532 g/mol. The van der Waals surface area contributed by atoms with Crippen LogP contribution in [0.25, 0.3) is 11.5 Å². The van der Waals surface area contributed by atoms with Gasteiger partial charge in [0.05, 0.1) is 31.5 Å². The summed E-state index contributed by atoms with van der Waals surface area (Å²) in [5.74, 6) is 1.60. The summed E-state index contributed by atoms with van der Waals surface area (Å²) >= 11 is 1.41. The fraction of sp³-hybridized carbons (Fsp3) is 0.276. The van der Waals surface area contributed by atoms with Crippen molar-refractivity contribution in [3.63, 3.8) is 0 Å². The molecule has 38 heavy (non-hydrogen) atoms. The van der Waals surface area contributed by atoms with Crippen molar-refractivity contribution in [2.75, 3.05) is 13.7 Å². The van der Waals surface area contributed by atoms with E-state index in [0.717, 1.165) is 33.7 Å². The number of nitrogens with zero attached hydrogens (tertiary/aromatic N) is 2. The van der Waals surface area contributed by atoms with Crippen molar-refractivity contribution in [3.05, 3.63) is 86.9 Å². The van der Waals surface area contributed by atoms with Gasteiger partial charge in [0, 0.05) is 41.3 Å². The molecule has 0 atom stereocenters. The smallest absolute Gasteiger partial charge is 0.303 e. The largest absolute Gasteiger partial charge is 0.495 e. The van der Waals surface area contributed by atoms with E-state index in [-0.39, 0.29) is 12.3 Å². The van der Waals surface area contributed by atoms with Gasteiger partial charge in [0.15, 0.2) is 0 Å². The summed E-state index contributed by atoms with van der Waals surface area (Å²) < 4.78 is 17.4. The number of fused-ring (bicyclic) bond motifs is 1. The summed E-state index contributed by atoms with van der Waals surface area (Å²) in [5, 5.41) is 12.8. The standard InChI is InChI=1S/C29H28N2O6S/c1-18-24(30-28(37-18)20-6-4-3-5-7-20)12-13-36-25-10-8-19(9-11-27(32)33)21-14-31(15-22(21)25)29(34)23-16-38-17-26(23)35-2/h3-8,10,16-17H,9,11-15H2,1-2H3,(H,32,33). The molecule has 0 unspecified atom stereocenters. The molecule has 3 heterocycles. The minimum absolute atomic E-state index is 0.0220. The second-order valence-electron chi connectivity index (χ2n) is 9.08. The van der Waals surface area contributed by atoms with E-state index in [0.29, 0.717) is 55.5 Å². The molecule has 0 saturated carbocycles. The second kappa shape index (κ2) is 11.1. The number of thiophene rings is 1. The van der Waals surface area contributed by atoms with Crippen LogP contribution in [0, 0.1) is 6.92 Å². The molecule has 1 amide bonds. The molecule has 2 aromatic carbocycles. The third kappa shape index (κ3) is 5.28. The maximum Gasteiger partial charge on any atom is 0.303 e. The Balaban J connectivity index is 1.33. The molecule has 0 spiro atoms. The van der Waals surface area contributed by atoms with Gasteiger partial charge in [-0.1, -0.05) is 24.3 Å². The van der Waals surface area contributed by atoms with Gasteiger partial charge < -0.3 is 23.9 Å². The van der Waals surface area contributed by atoms with Crippen LogP contribution in [0.3, 0.4) is 0 Å². The van der Waals surface area contributed by atoms with Gasteiger partial charge in [-0.2, -0.15) is 0 Å². The maximum absolute atomic E-state index is 13.3. The Kier molecular flexibility index (Phi) is 7.46. The number of carbonyl (C=O) groups excluding carboxylic acids is 1. The Morgan fingerprint density at radius 1 is 1.05 bits per heavy atom. The third-order valence-corrected chi connectivity index (χ3v) is 7.39. The number of amides is 1. The summed E-state index contributed by atoms with van der Waals surface area (Å²) in [6.07, 6.45) is 0.975. The molecule has 4 aromatic rings. The van der Waals surface area contributed by atoms with Crippen LogP contribution >= 0.6 is 11.3 Å². The van der Waals surface area contributed by atoms with Crippen molar-refractivity contribution in [1.82, 2.24) is 9.88 Å². The lowest BCUT2D eigenvalue weighted by molar-refractivity contribution is -0.136. The Bertz CT molecular complexity index is 1460. The van der Waals surface area contributed by atoms with Crippen LogP contribution in [0.1, 0.15) is 44.9 Å². The molecule has 0 radical (unpaired) electrons. The number of hydrogen-bond donors (Lipinski definition) is 1. The van der Waals surface area contributed by atoms with Gasteiger partial charge >= 0.3 is 5.97 Å². The first-order valence-corrected chi connectivity index (χ1v) is 13.3. The summed E-state index contributed by atoms with van der Waals surface area (Å²) in [5.41, 5.74) is 5.06. The molecule has 0 aliphatic carbocycles. The number of carbonyl (C=O) groups is 2. The average molecular weight is 533 g/mol. The second-order valence-corrected chi connectivity index (χ2v) is 9.82. The highest BCUT2D eigenvalue weighted by Gasteiger charge is 2.31. The van der Waals surface area contributed by atoms with Crippen LogP contribution < -0.4 is 9.47 Å². The fourth-order valence-corrected chi connectivity index (χ4v) is 5.44. The molecular formula is C29H28N2O6S. The van der Waals surface area contributed by atoms with Crippen LogP contribution in [0.5, 0.6) is 11.5 Å². The molecule has 8 nitrogen and oxygen atoms in total.